The second-order valence-electron chi connectivity index (χ2n) is 2.60. The van der Waals surface area contributed by atoms with Crippen LogP contribution in [0.15, 0.2) is 18.5 Å². The summed E-state index contributed by atoms with van der Waals surface area (Å²) in [6.07, 6.45) is 3.65. The first-order valence-corrected chi connectivity index (χ1v) is 3.80. The van der Waals surface area contributed by atoms with Gasteiger partial charge in [-0.15, -0.1) is 0 Å². The summed E-state index contributed by atoms with van der Waals surface area (Å²) in [4.78, 5) is 4.21. The van der Waals surface area contributed by atoms with Gasteiger partial charge in [-0.2, -0.15) is 5.10 Å². The van der Waals surface area contributed by atoms with Crippen molar-refractivity contribution in [1.29, 1.82) is 0 Å². The molecule has 0 aromatic carbocycles. The van der Waals surface area contributed by atoms with Gasteiger partial charge in [0.15, 0.2) is 5.65 Å². The molecule has 0 bridgehead atoms. The number of fused-ring (bicyclic) bond motifs is 1. The van der Waals surface area contributed by atoms with E-state index in [1.54, 1.807) is 10.7 Å². The molecule has 4 heteroatoms. The second-order valence-corrected chi connectivity index (χ2v) is 2.60. The summed E-state index contributed by atoms with van der Waals surface area (Å²) in [6.45, 7) is 1.96. The minimum atomic E-state index is 0.873. The van der Waals surface area contributed by atoms with E-state index in [-0.39, 0.29) is 0 Å². The van der Waals surface area contributed by atoms with Crippen molar-refractivity contribution >= 4 is 11.3 Å². The Labute approximate surface area is 70.2 Å². The predicted octanol–water partition coefficient (Wildman–Crippen LogP) is 1.08. The van der Waals surface area contributed by atoms with Crippen LogP contribution in [0.1, 0.15) is 5.69 Å². The minimum Gasteiger partial charge on any atom is -0.384 e. The molecule has 2 heterocycles. The van der Waals surface area contributed by atoms with Crippen molar-refractivity contribution in [1.82, 2.24) is 14.6 Å². The zero-order valence-electron chi connectivity index (χ0n) is 7.07. The Morgan fingerprint density at radius 2 is 2.33 bits per heavy atom. The average Bonchev–Trinajstić information content (AvgIpc) is 2.40. The quantitative estimate of drug-likeness (QED) is 0.682. The van der Waals surface area contributed by atoms with E-state index in [2.05, 4.69) is 15.4 Å². The molecule has 0 amide bonds. The maximum Gasteiger partial charge on any atom is 0.178 e. The van der Waals surface area contributed by atoms with Crippen LogP contribution in [0, 0.1) is 6.92 Å². The Morgan fingerprint density at radius 3 is 3.08 bits per heavy atom. The van der Waals surface area contributed by atoms with Crippen LogP contribution in [0.5, 0.6) is 0 Å². The third kappa shape index (κ3) is 0.845. The van der Waals surface area contributed by atoms with Crippen molar-refractivity contribution in [3.8, 4) is 0 Å². The Hall–Kier alpha value is -1.58. The average molecular weight is 162 g/mol. The van der Waals surface area contributed by atoms with E-state index in [9.17, 15) is 0 Å². The maximum atomic E-state index is 4.28. The third-order valence-corrected chi connectivity index (χ3v) is 1.82. The fourth-order valence-electron chi connectivity index (χ4n) is 1.29. The first kappa shape index (κ1) is 7.09. The molecule has 0 saturated heterocycles. The van der Waals surface area contributed by atoms with Gasteiger partial charge >= 0.3 is 0 Å². The van der Waals surface area contributed by atoms with E-state index in [4.69, 9.17) is 0 Å². The summed E-state index contributed by atoms with van der Waals surface area (Å²) in [5, 5.41) is 7.35. The summed E-state index contributed by atoms with van der Waals surface area (Å²) in [5.74, 6) is 0. The topological polar surface area (TPSA) is 42.2 Å². The molecule has 4 nitrogen and oxygen atoms in total. The molecule has 0 spiro atoms. The van der Waals surface area contributed by atoms with E-state index >= 15 is 0 Å². The molecule has 0 atom stereocenters. The number of anilines is 1. The van der Waals surface area contributed by atoms with Crippen LogP contribution in [-0.4, -0.2) is 21.6 Å². The summed E-state index contributed by atoms with van der Waals surface area (Å²) < 4.78 is 1.77. The van der Waals surface area contributed by atoms with Crippen molar-refractivity contribution in [2.24, 2.45) is 0 Å². The number of aryl methyl sites for hydroxylation is 1. The molecule has 2 aromatic heterocycles. The van der Waals surface area contributed by atoms with Crippen molar-refractivity contribution in [3.63, 3.8) is 0 Å². The summed E-state index contributed by atoms with van der Waals surface area (Å²) in [6, 6.07) is 1.86. The standard InChI is InChI=1S/C8H10N4/c1-6-7(9-2)8-10-4-3-5-12(8)11-6/h3-5,9H,1-2H3. The van der Waals surface area contributed by atoms with Crippen LogP contribution in [0.25, 0.3) is 5.65 Å². The predicted molar refractivity (Wildman–Crippen MR) is 47.3 cm³/mol. The lowest BCUT2D eigenvalue weighted by Crippen LogP contribution is -1.90. The fourth-order valence-corrected chi connectivity index (χ4v) is 1.29. The molecular formula is C8H10N4. The molecular weight excluding hydrogens is 152 g/mol. The van der Waals surface area contributed by atoms with Gasteiger partial charge in [0.05, 0.1) is 5.69 Å². The monoisotopic (exact) mass is 162 g/mol. The van der Waals surface area contributed by atoms with Crippen LogP contribution in [0.2, 0.25) is 0 Å². The lowest BCUT2D eigenvalue weighted by Gasteiger charge is -1.95. The van der Waals surface area contributed by atoms with E-state index < -0.39 is 0 Å². The van der Waals surface area contributed by atoms with Crippen LogP contribution in [0.3, 0.4) is 0 Å². The molecule has 2 rings (SSSR count). The normalized spacial score (nSPS) is 10.5. The highest BCUT2D eigenvalue weighted by atomic mass is 15.3. The number of aromatic nitrogens is 3. The van der Waals surface area contributed by atoms with Gasteiger partial charge < -0.3 is 5.32 Å². The smallest absolute Gasteiger partial charge is 0.178 e. The molecule has 0 aliphatic carbocycles. The van der Waals surface area contributed by atoms with Crippen molar-refractivity contribution in [2.75, 3.05) is 12.4 Å². The zero-order chi connectivity index (χ0) is 8.55. The van der Waals surface area contributed by atoms with Gasteiger partial charge in [0.1, 0.15) is 5.69 Å². The Bertz CT molecular complexity index is 404. The Balaban J connectivity index is 2.81. The zero-order valence-corrected chi connectivity index (χ0v) is 7.07. The molecule has 0 fully saturated rings. The van der Waals surface area contributed by atoms with E-state index in [0.717, 1.165) is 17.0 Å². The van der Waals surface area contributed by atoms with Gasteiger partial charge in [-0.3, -0.25) is 0 Å². The van der Waals surface area contributed by atoms with E-state index in [0.29, 0.717) is 0 Å². The summed E-state index contributed by atoms with van der Waals surface area (Å²) in [5.41, 5.74) is 2.84. The van der Waals surface area contributed by atoms with Gasteiger partial charge in [0, 0.05) is 19.4 Å². The van der Waals surface area contributed by atoms with Gasteiger partial charge in [0.25, 0.3) is 0 Å². The summed E-state index contributed by atoms with van der Waals surface area (Å²) >= 11 is 0. The number of nitrogens with zero attached hydrogens (tertiary/aromatic N) is 3. The lowest BCUT2D eigenvalue weighted by atomic mass is 10.4. The fraction of sp³-hybridized carbons (Fsp3) is 0.250. The number of hydrogen-bond donors (Lipinski definition) is 1. The lowest BCUT2D eigenvalue weighted by molar-refractivity contribution is 0.917. The van der Waals surface area contributed by atoms with Gasteiger partial charge in [-0.05, 0) is 13.0 Å². The van der Waals surface area contributed by atoms with Crippen LogP contribution >= 0.6 is 0 Å². The Kier molecular flexibility index (Phi) is 1.46. The Morgan fingerprint density at radius 1 is 1.50 bits per heavy atom. The third-order valence-electron chi connectivity index (χ3n) is 1.82. The van der Waals surface area contributed by atoms with Crippen molar-refractivity contribution in [3.05, 3.63) is 24.2 Å². The molecule has 0 unspecified atom stereocenters. The molecule has 0 saturated carbocycles. The van der Waals surface area contributed by atoms with Crippen LogP contribution < -0.4 is 5.32 Å². The number of rotatable bonds is 1. The first-order valence-electron chi connectivity index (χ1n) is 3.80. The summed E-state index contributed by atoms with van der Waals surface area (Å²) in [7, 11) is 1.87. The molecule has 2 aromatic rings. The highest BCUT2D eigenvalue weighted by Gasteiger charge is 2.06. The number of hydrogen-bond acceptors (Lipinski definition) is 3. The highest BCUT2D eigenvalue weighted by molar-refractivity contribution is 5.69. The largest absolute Gasteiger partial charge is 0.384 e. The highest BCUT2D eigenvalue weighted by Crippen LogP contribution is 2.17. The molecule has 62 valence electrons. The van der Waals surface area contributed by atoms with Crippen molar-refractivity contribution < 1.29 is 0 Å². The van der Waals surface area contributed by atoms with Crippen LogP contribution in [0.4, 0.5) is 5.69 Å². The molecule has 1 N–H and O–H groups in total. The maximum absolute atomic E-state index is 4.28. The van der Waals surface area contributed by atoms with E-state index in [1.165, 1.54) is 0 Å². The van der Waals surface area contributed by atoms with Gasteiger partial charge in [-0.25, -0.2) is 9.50 Å². The van der Waals surface area contributed by atoms with Crippen molar-refractivity contribution in [2.45, 2.75) is 6.92 Å². The number of nitrogens with one attached hydrogen (secondary N) is 1. The van der Waals surface area contributed by atoms with Gasteiger partial charge in [-0.1, -0.05) is 0 Å². The molecule has 12 heavy (non-hydrogen) atoms. The molecule has 0 aliphatic heterocycles. The van der Waals surface area contributed by atoms with Crippen LogP contribution in [-0.2, 0) is 0 Å². The SMILES string of the molecule is CNc1c(C)nn2cccnc12. The van der Waals surface area contributed by atoms with E-state index in [1.807, 2.05) is 26.2 Å². The molecule has 0 aliphatic rings. The molecule has 0 radical (unpaired) electrons. The minimum absolute atomic E-state index is 0.873. The second kappa shape index (κ2) is 2.48. The first-order chi connectivity index (χ1) is 5.83. The van der Waals surface area contributed by atoms with Gasteiger partial charge in [0.2, 0.25) is 0 Å².